The van der Waals surface area contributed by atoms with Gasteiger partial charge in [-0.15, -0.1) is 0 Å². The van der Waals surface area contributed by atoms with Crippen LogP contribution in [0.1, 0.15) is 50.9 Å². The van der Waals surface area contributed by atoms with Gasteiger partial charge >= 0.3 is 0 Å². The predicted octanol–water partition coefficient (Wildman–Crippen LogP) is 3.21. The standard InChI is InChI=1S/C25H32N6O4S/c1-18(30-14-16-31(17-15-30)36(32,33)21-10-8-19(34-2)9-11-21)23-28-24-22(26-12-13-27-24)25(29-23)35-20-6-4-3-5-7-20/h8-13,18,20H,3-7,14-17H2,1-2H3. The average Bonchev–Trinajstić information content (AvgIpc) is 2.93. The number of aromatic nitrogens is 4. The Bertz CT molecular complexity index is 1290. The van der Waals surface area contributed by atoms with Crippen LogP contribution in [0.3, 0.4) is 0 Å². The zero-order chi connectivity index (χ0) is 25.1. The highest BCUT2D eigenvalue weighted by Gasteiger charge is 2.32. The molecule has 0 bridgehead atoms. The van der Waals surface area contributed by atoms with Gasteiger partial charge in [-0.3, -0.25) is 4.90 Å². The smallest absolute Gasteiger partial charge is 0.246 e. The SMILES string of the molecule is COc1ccc(S(=O)(=O)N2CCN(C(C)c3nc(OC4CCCCC4)c4nccnc4n3)CC2)cc1. The van der Waals surface area contributed by atoms with E-state index in [1.807, 2.05) is 6.92 Å². The van der Waals surface area contributed by atoms with Crippen molar-refractivity contribution in [2.24, 2.45) is 0 Å². The molecule has 1 aromatic carbocycles. The Morgan fingerprint density at radius 2 is 1.64 bits per heavy atom. The topological polar surface area (TPSA) is 111 Å². The molecule has 10 nitrogen and oxygen atoms in total. The molecule has 2 aliphatic rings. The largest absolute Gasteiger partial charge is 0.497 e. The minimum absolute atomic E-state index is 0.129. The van der Waals surface area contributed by atoms with Gasteiger partial charge < -0.3 is 9.47 Å². The summed E-state index contributed by atoms with van der Waals surface area (Å²) < 4.78 is 39.2. The third-order valence-corrected chi connectivity index (χ3v) is 8.95. The molecule has 3 aromatic rings. The number of fused-ring (bicyclic) bond motifs is 1. The zero-order valence-electron chi connectivity index (χ0n) is 20.7. The van der Waals surface area contributed by atoms with Crippen LogP contribution in [0.2, 0.25) is 0 Å². The van der Waals surface area contributed by atoms with E-state index in [4.69, 9.17) is 14.5 Å². The van der Waals surface area contributed by atoms with Crippen LogP contribution in [0.25, 0.3) is 11.2 Å². The second kappa shape index (κ2) is 10.6. The van der Waals surface area contributed by atoms with Crippen LogP contribution in [0.15, 0.2) is 41.6 Å². The third-order valence-electron chi connectivity index (χ3n) is 7.04. The molecule has 11 heteroatoms. The lowest BCUT2D eigenvalue weighted by Crippen LogP contribution is -2.49. The predicted molar refractivity (Wildman–Crippen MR) is 134 cm³/mol. The number of methoxy groups -OCH3 is 1. The highest BCUT2D eigenvalue weighted by molar-refractivity contribution is 7.89. The van der Waals surface area contributed by atoms with Crippen molar-refractivity contribution in [2.45, 2.75) is 56.1 Å². The zero-order valence-corrected chi connectivity index (χ0v) is 21.5. The lowest BCUT2D eigenvalue weighted by atomic mass is 9.98. The Balaban J connectivity index is 1.31. The molecule has 2 aromatic heterocycles. The Labute approximate surface area is 211 Å². The Morgan fingerprint density at radius 1 is 0.944 bits per heavy atom. The first-order valence-corrected chi connectivity index (χ1v) is 13.9. The molecule has 3 heterocycles. The summed E-state index contributed by atoms with van der Waals surface area (Å²) in [4.78, 5) is 20.8. The minimum atomic E-state index is -3.57. The Kier molecular flexibility index (Phi) is 7.31. The molecular formula is C25H32N6O4S. The van der Waals surface area contributed by atoms with Crippen molar-refractivity contribution >= 4 is 21.2 Å². The minimum Gasteiger partial charge on any atom is -0.497 e. The van der Waals surface area contributed by atoms with E-state index < -0.39 is 10.0 Å². The van der Waals surface area contributed by atoms with E-state index >= 15 is 0 Å². The van der Waals surface area contributed by atoms with Gasteiger partial charge in [-0.05, 0) is 56.9 Å². The second-order valence-corrected chi connectivity index (χ2v) is 11.2. The number of ether oxygens (including phenoxy) is 2. The summed E-state index contributed by atoms with van der Waals surface area (Å²) in [5, 5.41) is 0. The molecule has 0 spiro atoms. The van der Waals surface area contributed by atoms with E-state index in [1.54, 1.807) is 43.8 Å². The quantitative estimate of drug-likeness (QED) is 0.471. The summed E-state index contributed by atoms with van der Waals surface area (Å²) in [6.07, 6.45) is 8.98. The van der Waals surface area contributed by atoms with Gasteiger partial charge in [-0.1, -0.05) is 6.42 Å². The van der Waals surface area contributed by atoms with Crippen LogP contribution in [0, 0.1) is 0 Å². The first-order valence-electron chi connectivity index (χ1n) is 12.5. The number of hydrogen-bond acceptors (Lipinski definition) is 9. The molecule has 1 aliphatic carbocycles. The molecule has 5 rings (SSSR count). The van der Waals surface area contributed by atoms with Gasteiger partial charge in [0.25, 0.3) is 0 Å². The summed E-state index contributed by atoms with van der Waals surface area (Å²) in [5.41, 5.74) is 1.09. The second-order valence-electron chi connectivity index (χ2n) is 9.28. The van der Waals surface area contributed by atoms with Crippen molar-refractivity contribution in [1.82, 2.24) is 29.1 Å². The Hall–Kier alpha value is -2.89. The summed E-state index contributed by atoms with van der Waals surface area (Å²) in [6, 6.07) is 6.37. The molecule has 0 radical (unpaired) electrons. The lowest BCUT2D eigenvalue weighted by Gasteiger charge is -2.36. The molecule has 192 valence electrons. The van der Waals surface area contributed by atoms with E-state index in [1.165, 1.54) is 10.7 Å². The number of hydrogen-bond donors (Lipinski definition) is 0. The summed E-state index contributed by atoms with van der Waals surface area (Å²) in [6.45, 7) is 3.94. The average molecular weight is 513 g/mol. The van der Waals surface area contributed by atoms with Gasteiger partial charge in [0.1, 0.15) is 11.9 Å². The fourth-order valence-corrected chi connectivity index (χ4v) is 6.28. The monoisotopic (exact) mass is 512 g/mol. The van der Waals surface area contributed by atoms with Crippen molar-refractivity contribution in [1.29, 1.82) is 0 Å². The number of nitrogens with zero attached hydrogens (tertiary/aromatic N) is 6. The van der Waals surface area contributed by atoms with Gasteiger partial charge in [-0.25, -0.2) is 23.4 Å². The molecule has 36 heavy (non-hydrogen) atoms. The van der Waals surface area contributed by atoms with Crippen molar-refractivity contribution < 1.29 is 17.9 Å². The molecule has 1 saturated carbocycles. The number of benzene rings is 1. The van der Waals surface area contributed by atoms with Gasteiger partial charge in [0.15, 0.2) is 17.0 Å². The first-order chi connectivity index (χ1) is 17.5. The summed E-state index contributed by atoms with van der Waals surface area (Å²) in [5.74, 6) is 1.72. The van der Waals surface area contributed by atoms with Crippen LogP contribution in [0.5, 0.6) is 11.6 Å². The van der Waals surface area contributed by atoms with Crippen molar-refractivity contribution in [3.63, 3.8) is 0 Å². The third kappa shape index (κ3) is 5.14. The molecule has 1 aliphatic heterocycles. The van der Waals surface area contributed by atoms with Crippen molar-refractivity contribution in [3.05, 3.63) is 42.5 Å². The fraction of sp³-hybridized carbons (Fsp3) is 0.520. The maximum absolute atomic E-state index is 13.1. The first kappa shape index (κ1) is 24.8. The Morgan fingerprint density at radius 3 is 2.33 bits per heavy atom. The van der Waals surface area contributed by atoms with Crippen molar-refractivity contribution in [2.75, 3.05) is 33.3 Å². The van der Waals surface area contributed by atoms with E-state index in [0.717, 1.165) is 25.7 Å². The molecular weight excluding hydrogens is 480 g/mol. The lowest BCUT2D eigenvalue weighted by molar-refractivity contribution is 0.135. The van der Waals surface area contributed by atoms with E-state index in [9.17, 15) is 8.42 Å². The normalized spacial score (nSPS) is 19.3. The molecule has 1 saturated heterocycles. The highest BCUT2D eigenvalue weighted by atomic mass is 32.2. The number of piperazine rings is 1. The van der Waals surface area contributed by atoms with Crippen LogP contribution in [-0.4, -0.2) is 77.0 Å². The van der Waals surface area contributed by atoms with Gasteiger partial charge in [-0.2, -0.15) is 9.29 Å². The molecule has 0 N–H and O–H groups in total. The van der Waals surface area contributed by atoms with E-state index in [-0.39, 0.29) is 17.0 Å². The molecule has 1 unspecified atom stereocenters. The molecule has 2 fully saturated rings. The van der Waals surface area contributed by atoms with Crippen LogP contribution < -0.4 is 9.47 Å². The maximum atomic E-state index is 13.1. The number of rotatable bonds is 7. The van der Waals surface area contributed by atoms with E-state index in [2.05, 4.69) is 19.9 Å². The molecule has 0 amide bonds. The van der Waals surface area contributed by atoms with Gasteiger partial charge in [0, 0.05) is 38.6 Å². The van der Waals surface area contributed by atoms with E-state index in [0.29, 0.717) is 54.8 Å². The van der Waals surface area contributed by atoms with Crippen LogP contribution >= 0.6 is 0 Å². The summed E-state index contributed by atoms with van der Waals surface area (Å²) in [7, 11) is -2.01. The van der Waals surface area contributed by atoms with Crippen molar-refractivity contribution in [3.8, 4) is 11.6 Å². The molecule has 1 atom stereocenters. The fourth-order valence-electron chi connectivity index (χ4n) is 4.86. The highest BCUT2D eigenvalue weighted by Crippen LogP contribution is 2.29. The summed E-state index contributed by atoms with van der Waals surface area (Å²) >= 11 is 0. The van der Waals surface area contributed by atoms with Gasteiger partial charge in [0.2, 0.25) is 15.9 Å². The van der Waals surface area contributed by atoms with Crippen LogP contribution in [-0.2, 0) is 10.0 Å². The van der Waals surface area contributed by atoms with Gasteiger partial charge in [0.05, 0.1) is 18.0 Å². The van der Waals surface area contributed by atoms with Crippen LogP contribution in [0.4, 0.5) is 0 Å². The number of sulfonamides is 1. The maximum Gasteiger partial charge on any atom is 0.246 e.